The Bertz CT molecular complexity index is 2480. The molecule has 278 valence electrons. The molecule has 4 aliphatic heterocycles. The van der Waals surface area contributed by atoms with E-state index in [1.54, 1.807) is 0 Å². The average molecular weight is 731 g/mol. The van der Waals surface area contributed by atoms with Gasteiger partial charge in [-0.15, -0.1) is 0 Å². The van der Waals surface area contributed by atoms with Crippen molar-refractivity contribution in [2.75, 3.05) is 59.9 Å². The van der Waals surface area contributed by atoms with Crippen LogP contribution in [0.5, 0.6) is 0 Å². The quantitative estimate of drug-likeness (QED) is 0.167. The van der Waals surface area contributed by atoms with E-state index < -0.39 is 0 Å². The van der Waals surface area contributed by atoms with Gasteiger partial charge in [0.1, 0.15) is 0 Å². The van der Waals surface area contributed by atoms with Gasteiger partial charge in [0.25, 0.3) is 0 Å². The van der Waals surface area contributed by atoms with E-state index in [1.165, 1.54) is 139 Å². The van der Waals surface area contributed by atoms with Crippen molar-refractivity contribution in [2.24, 2.45) is 0 Å². The van der Waals surface area contributed by atoms with Crippen molar-refractivity contribution in [1.29, 1.82) is 0 Å². The van der Waals surface area contributed by atoms with E-state index in [0.717, 1.165) is 39.0 Å². The highest BCUT2D eigenvalue weighted by atomic mass is 15.1. The molecular formula is C52H50N4. The molecule has 0 amide bonds. The second-order valence-corrected chi connectivity index (χ2v) is 16.7. The van der Waals surface area contributed by atoms with Crippen LogP contribution in [-0.4, -0.2) is 40.3 Å². The summed E-state index contributed by atoms with van der Waals surface area (Å²) >= 11 is 0. The molecule has 56 heavy (non-hydrogen) atoms. The van der Waals surface area contributed by atoms with Crippen molar-refractivity contribution in [3.8, 4) is 22.3 Å². The zero-order valence-electron chi connectivity index (χ0n) is 32.8. The first-order valence-corrected chi connectivity index (χ1v) is 21.0. The molecule has 0 bridgehead atoms. The van der Waals surface area contributed by atoms with Gasteiger partial charge in [-0.2, -0.15) is 0 Å². The predicted molar refractivity (Wildman–Crippen MR) is 239 cm³/mol. The molecule has 4 aliphatic rings. The standard InChI is InChI=1S/C52H50N4/c1-53-47-15-7-5-13-35(47)29-37-17-19-39(31-49(37)53)51-43-23-21-42(56-27-11-4-12-28-56)34-46(43)52(44-24-22-41(33-45(44)51)55-25-9-3-10-26-55)40-20-18-38-30-36-14-6-8-16-48(36)54(2)50(38)32-40/h5-8,13-24,31-34H,3-4,9-12,25-30H2,1-2H3. The molecule has 4 heteroatoms. The van der Waals surface area contributed by atoms with E-state index in [1.807, 2.05) is 0 Å². The fourth-order valence-corrected chi connectivity index (χ4v) is 10.5. The first-order chi connectivity index (χ1) is 27.6. The monoisotopic (exact) mass is 730 g/mol. The SMILES string of the molecule is CN1c2ccccc2Cc2ccc(-c3c4ccc(N5CCCCC5)cc4c(-c4ccc5c(c4)N(C)c4ccccc4C5)c4ccc(N5CCCCC5)cc34)cc21. The smallest absolute Gasteiger partial charge is 0.0450 e. The molecule has 0 radical (unpaired) electrons. The number of piperidine rings is 2. The van der Waals surface area contributed by atoms with Gasteiger partial charge in [0, 0.05) is 87.2 Å². The van der Waals surface area contributed by atoms with Gasteiger partial charge in [0.2, 0.25) is 0 Å². The Morgan fingerprint density at radius 3 is 1.21 bits per heavy atom. The molecule has 0 saturated carbocycles. The number of hydrogen-bond acceptors (Lipinski definition) is 4. The van der Waals surface area contributed by atoms with E-state index in [9.17, 15) is 0 Å². The number of rotatable bonds is 4. The predicted octanol–water partition coefficient (Wildman–Crippen LogP) is 12.7. The topological polar surface area (TPSA) is 13.0 Å². The summed E-state index contributed by atoms with van der Waals surface area (Å²) in [5.41, 5.74) is 18.8. The Kier molecular flexibility index (Phi) is 8.08. The number of anilines is 6. The molecule has 2 saturated heterocycles. The summed E-state index contributed by atoms with van der Waals surface area (Å²) < 4.78 is 0. The van der Waals surface area contributed by atoms with Crippen LogP contribution in [0.25, 0.3) is 43.8 Å². The minimum Gasteiger partial charge on any atom is -0.372 e. The number of benzene rings is 7. The average Bonchev–Trinajstić information content (AvgIpc) is 3.26. The lowest BCUT2D eigenvalue weighted by molar-refractivity contribution is 0.578. The van der Waals surface area contributed by atoms with Gasteiger partial charge in [-0.25, -0.2) is 0 Å². The molecule has 7 aromatic carbocycles. The lowest BCUT2D eigenvalue weighted by Gasteiger charge is -2.32. The van der Waals surface area contributed by atoms with Gasteiger partial charge in [-0.05, 0) is 153 Å². The van der Waals surface area contributed by atoms with Crippen molar-refractivity contribution in [3.05, 3.63) is 144 Å². The Balaban J connectivity index is 1.18. The number of nitrogens with zero attached hydrogens (tertiary/aromatic N) is 4. The summed E-state index contributed by atoms with van der Waals surface area (Å²) in [4.78, 5) is 10.1. The zero-order chi connectivity index (χ0) is 37.3. The van der Waals surface area contributed by atoms with Gasteiger partial charge in [0.05, 0.1) is 0 Å². The second kappa shape index (κ2) is 13.5. The maximum atomic E-state index is 2.62. The summed E-state index contributed by atoms with van der Waals surface area (Å²) in [6, 6.07) is 47.2. The van der Waals surface area contributed by atoms with Crippen LogP contribution in [0, 0.1) is 0 Å². The lowest BCUT2D eigenvalue weighted by Crippen LogP contribution is -2.29. The molecule has 0 unspecified atom stereocenters. The zero-order valence-corrected chi connectivity index (χ0v) is 32.8. The molecule has 4 nitrogen and oxygen atoms in total. The first-order valence-electron chi connectivity index (χ1n) is 21.0. The maximum absolute atomic E-state index is 2.62. The number of hydrogen-bond donors (Lipinski definition) is 0. The van der Waals surface area contributed by atoms with Gasteiger partial charge in [-0.1, -0.05) is 72.8 Å². The van der Waals surface area contributed by atoms with Crippen molar-refractivity contribution in [2.45, 2.75) is 51.4 Å². The van der Waals surface area contributed by atoms with Gasteiger partial charge >= 0.3 is 0 Å². The van der Waals surface area contributed by atoms with Crippen LogP contribution in [-0.2, 0) is 12.8 Å². The van der Waals surface area contributed by atoms with Crippen molar-refractivity contribution < 1.29 is 0 Å². The summed E-state index contributed by atoms with van der Waals surface area (Å²) in [5, 5.41) is 5.35. The highest BCUT2D eigenvalue weighted by Gasteiger charge is 2.26. The molecule has 0 spiro atoms. The summed E-state index contributed by atoms with van der Waals surface area (Å²) in [6.45, 7) is 4.51. The minimum atomic E-state index is 0.964. The molecule has 0 aliphatic carbocycles. The third-order valence-electron chi connectivity index (χ3n) is 13.5. The van der Waals surface area contributed by atoms with E-state index >= 15 is 0 Å². The van der Waals surface area contributed by atoms with E-state index in [2.05, 4.69) is 155 Å². The molecule has 0 N–H and O–H groups in total. The fourth-order valence-electron chi connectivity index (χ4n) is 10.5. The molecule has 2 fully saturated rings. The third kappa shape index (κ3) is 5.48. The molecule has 7 aromatic rings. The van der Waals surface area contributed by atoms with Crippen LogP contribution in [0.1, 0.15) is 60.8 Å². The largest absolute Gasteiger partial charge is 0.372 e. The van der Waals surface area contributed by atoms with Crippen molar-refractivity contribution >= 4 is 55.7 Å². The second-order valence-electron chi connectivity index (χ2n) is 16.7. The van der Waals surface area contributed by atoms with Crippen LogP contribution >= 0.6 is 0 Å². The molecule has 11 rings (SSSR count). The van der Waals surface area contributed by atoms with Crippen LogP contribution in [0.3, 0.4) is 0 Å². The molecule has 0 atom stereocenters. The Morgan fingerprint density at radius 2 is 0.768 bits per heavy atom. The van der Waals surface area contributed by atoms with E-state index in [4.69, 9.17) is 0 Å². The Morgan fingerprint density at radius 1 is 0.357 bits per heavy atom. The highest BCUT2D eigenvalue weighted by molar-refractivity contribution is 6.22. The number of fused-ring (bicyclic) bond motifs is 6. The van der Waals surface area contributed by atoms with Crippen LogP contribution in [0.2, 0.25) is 0 Å². The Labute approximate surface area is 331 Å². The fraction of sp³-hybridized carbons (Fsp3) is 0.269. The summed E-state index contributed by atoms with van der Waals surface area (Å²) in [5.74, 6) is 0. The van der Waals surface area contributed by atoms with Crippen molar-refractivity contribution in [1.82, 2.24) is 0 Å². The Hall–Kier alpha value is -5.74. The summed E-state index contributed by atoms with van der Waals surface area (Å²) in [6.07, 6.45) is 9.63. The first kappa shape index (κ1) is 33.6. The lowest BCUT2D eigenvalue weighted by atomic mass is 9.83. The van der Waals surface area contributed by atoms with Crippen LogP contribution in [0.15, 0.2) is 121 Å². The van der Waals surface area contributed by atoms with Crippen LogP contribution < -0.4 is 19.6 Å². The maximum Gasteiger partial charge on any atom is 0.0450 e. The highest BCUT2D eigenvalue weighted by Crippen LogP contribution is 2.49. The number of para-hydroxylation sites is 2. The van der Waals surface area contributed by atoms with Crippen molar-refractivity contribution in [3.63, 3.8) is 0 Å². The normalized spacial score (nSPS) is 16.5. The molecule has 0 aromatic heterocycles. The molecule has 4 heterocycles. The third-order valence-corrected chi connectivity index (χ3v) is 13.5. The van der Waals surface area contributed by atoms with E-state index in [0.29, 0.717) is 0 Å². The van der Waals surface area contributed by atoms with Gasteiger partial charge in [-0.3, -0.25) is 0 Å². The van der Waals surface area contributed by atoms with Crippen LogP contribution in [0.4, 0.5) is 34.1 Å². The summed E-state index contributed by atoms with van der Waals surface area (Å²) in [7, 11) is 4.48. The van der Waals surface area contributed by atoms with Gasteiger partial charge < -0.3 is 19.6 Å². The van der Waals surface area contributed by atoms with E-state index in [-0.39, 0.29) is 0 Å². The molecular weight excluding hydrogens is 681 g/mol. The minimum absolute atomic E-state index is 0.964. The van der Waals surface area contributed by atoms with Gasteiger partial charge in [0.15, 0.2) is 0 Å².